The third-order valence-electron chi connectivity index (χ3n) is 10.6. The summed E-state index contributed by atoms with van der Waals surface area (Å²) in [7, 11) is 0. The number of benzene rings is 1. The number of H-pyrrole nitrogens is 1. The number of rotatable bonds is 16. The first kappa shape index (κ1) is 45.0. The number of nitrogens with zero attached hydrogens (tertiary/aromatic N) is 5. The SMILES string of the molecule is CC(C)[C@H](NC(=O)CCN1C(=O)C=CC1=O)C(=O)N[C@@H](C)C(=O)Nc1ccc(COC(=O)N2CC[C@@H](C(=O)N[C@@H]3[C@@H](O)[C@H](O)[C@@H](Nc4ncnc5nc[nH]c45)O[C@H]3CO)C2)cc1. The molecule has 2 aromatic heterocycles. The predicted octanol–water partition coefficient (Wildman–Crippen LogP) is -1.75. The van der Waals surface area contributed by atoms with Gasteiger partial charge in [-0.25, -0.2) is 19.7 Å². The minimum Gasteiger partial charge on any atom is -0.445 e. The van der Waals surface area contributed by atoms with Gasteiger partial charge in [0.05, 0.1) is 24.9 Å². The Bertz CT molecular complexity index is 2160. The number of aromatic amines is 1. The molecule has 7 amide bonds. The summed E-state index contributed by atoms with van der Waals surface area (Å²) in [5.41, 5.74) is 1.78. The van der Waals surface area contributed by atoms with Crippen molar-refractivity contribution in [3.05, 3.63) is 54.6 Å². The molecule has 9 N–H and O–H groups in total. The number of aliphatic hydroxyl groups is 3. The highest BCUT2D eigenvalue weighted by atomic mass is 16.6. The molecule has 332 valence electrons. The van der Waals surface area contributed by atoms with Crippen LogP contribution in [0, 0.1) is 11.8 Å². The number of aromatic nitrogens is 4. The maximum Gasteiger partial charge on any atom is 0.410 e. The Balaban J connectivity index is 0.914. The highest BCUT2D eigenvalue weighted by Gasteiger charge is 2.46. The summed E-state index contributed by atoms with van der Waals surface area (Å²) in [6, 6.07) is 3.26. The van der Waals surface area contributed by atoms with E-state index >= 15 is 0 Å². The first-order valence-electron chi connectivity index (χ1n) is 19.9. The minimum atomic E-state index is -1.55. The molecule has 3 aromatic rings. The van der Waals surface area contributed by atoms with Crippen LogP contribution in [0.1, 0.15) is 39.2 Å². The Morgan fingerprint density at radius 3 is 2.39 bits per heavy atom. The lowest BCUT2D eigenvalue weighted by Crippen LogP contribution is -2.66. The van der Waals surface area contributed by atoms with E-state index in [1.54, 1.807) is 38.1 Å². The average Bonchev–Trinajstić information content (AvgIpc) is 4.02. The maximum atomic E-state index is 13.3. The van der Waals surface area contributed by atoms with Crippen LogP contribution >= 0.6 is 0 Å². The molecule has 62 heavy (non-hydrogen) atoms. The number of nitrogens with one attached hydrogen (secondary N) is 6. The second kappa shape index (κ2) is 19.9. The molecule has 23 heteroatoms. The number of fused-ring (bicyclic) bond motifs is 1. The van der Waals surface area contributed by atoms with E-state index in [0.717, 1.165) is 17.1 Å². The number of hydrogen-bond acceptors (Lipinski definition) is 16. The van der Waals surface area contributed by atoms with Crippen molar-refractivity contribution in [2.24, 2.45) is 11.8 Å². The first-order valence-corrected chi connectivity index (χ1v) is 19.9. The van der Waals surface area contributed by atoms with E-state index in [-0.39, 0.29) is 44.4 Å². The maximum absolute atomic E-state index is 13.3. The molecule has 0 radical (unpaired) electrons. The largest absolute Gasteiger partial charge is 0.445 e. The summed E-state index contributed by atoms with van der Waals surface area (Å²) in [6.45, 7) is 4.28. The topological polar surface area (TPSA) is 320 Å². The zero-order valence-electron chi connectivity index (χ0n) is 34.0. The lowest BCUT2D eigenvalue weighted by Gasteiger charge is -2.43. The van der Waals surface area contributed by atoms with Gasteiger partial charge in [0.15, 0.2) is 17.7 Å². The molecule has 2 fully saturated rings. The average molecular weight is 864 g/mol. The fraction of sp³-hybridized carbons (Fsp3) is 0.487. The van der Waals surface area contributed by atoms with Crippen LogP contribution in [-0.2, 0) is 44.8 Å². The standard InChI is InChI=1S/C39H49N11O12/c1-19(2)28(46-25(52)11-13-50-26(53)8-9-27(50)54)37(59)44-20(3)35(57)45-23-6-4-21(5-7-23)16-61-39(60)49-12-10-22(14-49)36(58)47-29-24(15-51)62-38(32(56)31(29)55)48-34-30-33(41-17-40-30)42-18-43-34/h4-9,17-20,22,24,28-29,31-32,38,51,55-56H,10-16H2,1-3H3,(H,44,59)(H,45,57)(H,46,52)(H,47,58)(H2,40,41,42,43,48)/t20-,22+,24-,28-,29-,31+,32-,38-/m0/s1. The molecule has 3 aliphatic heterocycles. The van der Waals surface area contributed by atoms with Gasteiger partial charge in [-0.15, -0.1) is 0 Å². The Hall–Kier alpha value is -6.56. The Kier molecular flexibility index (Phi) is 14.4. The lowest BCUT2D eigenvalue weighted by atomic mass is 9.94. The van der Waals surface area contributed by atoms with Gasteiger partial charge < -0.3 is 61.3 Å². The fourth-order valence-corrected chi connectivity index (χ4v) is 7.04. The molecule has 2 saturated heterocycles. The van der Waals surface area contributed by atoms with E-state index in [1.165, 1.54) is 24.5 Å². The van der Waals surface area contributed by atoms with E-state index in [9.17, 15) is 48.9 Å². The van der Waals surface area contributed by atoms with Crippen molar-refractivity contribution in [3.63, 3.8) is 0 Å². The van der Waals surface area contributed by atoms with Crippen molar-refractivity contribution in [3.8, 4) is 0 Å². The molecule has 0 spiro atoms. The molecule has 6 rings (SSSR count). The van der Waals surface area contributed by atoms with Crippen LogP contribution in [0.2, 0.25) is 0 Å². The Labute approximate surface area is 354 Å². The number of imide groups is 1. The summed E-state index contributed by atoms with van der Waals surface area (Å²) < 4.78 is 11.3. The summed E-state index contributed by atoms with van der Waals surface area (Å²) in [5, 5.41) is 45.4. The minimum absolute atomic E-state index is 0.0176. The number of ether oxygens (including phenoxy) is 2. The highest BCUT2D eigenvalue weighted by molar-refractivity contribution is 6.13. The van der Waals surface area contributed by atoms with Gasteiger partial charge in [-0.2, -0.15) is 0 Å². The monoisotopic (exact) mass is 863 g/mol. The number of carbonyl (C=O) groups excluding carboxylic acids is 7. The van der Waals surface area contributed by atoms with Gasteiger partial charge in [-0.3, -0.25) is 33.7 Å². The van der Waals surface area contributed by atoms with E-state index in [1.807, 2.05) is 0 Å². The fourth-order valence-electron chi connectivity index (χ4n) is 7.04. The second-order valence-electron chi connectivity index (χ2n) is 15.4. The lowest BCUT2D eigenvalue weighted by molar-refractivity contribution is -0.185. The molecule has 8 atom stereocenters. The van der Waals surface area contributed by atoms with Crippen molar-refractivity contribution in [2.75, 3.05) is 36.9 Å². The molecule has 3 aliphatic rings. The van der Waals surface area contributed by atoms with Gasteiger partial charge >= 0.3 is 6.09 Å². The number of anilines is 2. The number of likely N-dealkylation sites (tertiary alicyclic amines) is 1. The van der Waals surface area contributed by atoms with Gasteiger partial charge in [0, 0.05) is 43.9 Å². The first-order chi connectivity index (χ1) is 29.6. The molecule has 0 saturated carbocycles. The van der Waals surface area contributed by atoms with Crippen LogP contribution in [0.3, 0.4) is 0 Å². The Morgan fingerprint density at radius 1 is 0.968 bits per heavy atom. The van der Waals surface area contributed by atoms with Gasteiger partial charge in [0.1, 0.15) is 48.8 Å². The predicted molar refractivity (Wildman–Crippen MR) is 215 cm³/mol. The number of aliphatic hydroxyl groups excluding tert-OH is 3. The molecule has 0 aliphatic carbocycles. The third-order valence-corrected chi connectivity index (χ3v) is 10.6. The summed E-state index contributed by atoms with van der Waals surface area (Å²) in [4.78, 5) is 106. The van der Waals surface area contributed by atoms with E-state index in [0.29, 0.717) is 28.8 Å². The van der Waals surface area contributed by atoms with Crippen LogP contribution in [0.5, 0.6) is 0 Å². The molecular formula is C39H49N11O12. The molecule has 5 heterocycles. The third kappa shape index (κ3) is 10.7. The zero-order chi connectivity index (χ0) is 44.7. The van der Waals surface area contributed by atoms with Crippen molar-refractivity contribution < 1.29 is 58.4 Å². The van der Waals surface area contributed by atoms with E-state index in [2.05, 4.69) is 46.5 Å². The summed E-state index contributed by atoms with van der Waals surface area (Å²) in [6.07, 6.45) is -1.08. The van der Waals surface area contributed by atoms with E-state index in [4.69, 9.17) is 9.47 Å². The van der Waals surface area contributed by atoms with Crippen molar-refractivity contribution >= 4 is 64.2 Å². The molecular weight excluding hydrogens is 814 g/mol. The number of imidazole rings is 1. The molecule has 0 unspecified atom stereocenters. The van der Waals surface area contributed by atoms with Crippen molar-refractivity contribution in [2.45, 2.75) is 82.9 Å². The summed E-state index contributed by atoms with van der Waals surface area (Å²) in [5.74, 6) is -4.02. The van der Waals surface area contributed by atoms with Crippen LogP contribution < -0.4 is 26.6 Å². The smallest absolute Gasteiger partial charge is 0.410 e. The second-order valence-corrected chi connectivity index (χ2v) is 15.4. The Morgan fingerprint density at radius 2 is 1.69 bits per heavy atom. The van der Waals surface area contributed by atoms with Crippen molar-refractivity contribution in [1.29, 1.82) is 0 Å². The van der Waals surface area contributed by atoms with Gasteiger partial charge in [0.2, 0.25) is 23.6 Å². The molecule has 0 bridgehead atoms. The number of hydrogen-bond donors (Lipinski definition) is 9. The van der Waals surface area contributed by atoms with Crippen LogP contribution in [-0.4, -0.2) is 155 Å². The van der Waals surface area contributed by atoms with Gasteiger partial charge in [-0.05, 0) is 37.0 Å². The normalized spacial score (nSPS) is 23.3. The van der Waals surface area contributed by atoms with Gasteiger partial charge in [-0.1, -0.05) is 26.0 Å². The van der Waals surface area contributed by atoms with E-state index < -0.39 is 96.7 Å². The summed E-state index contributed by atoms with van der Waals surface area (Å²) >= 11 is 0. The van der Waals surface area contributed by atoms with Crippen LogP contribution in [0.15, 0.2) is 49.1 Å². The van der Waals surface area contributed by atoms with Crippen LogP contribution in [0.4, 0.5) is 16.3 Å². The quantitative estimate of drug-likeness (QED) is 0.0721. The highest BCUT2D eigenvalue weighted by Crippen LogP contribution is 2.26. The number of carbonyl (C=O) groups is 7. The zero-order valence-corrected chi connectivity index (χ0v) is 34.0. The molecule has 1 aromatic carbocycles. The molecule has 23 nitrogen and oxygen atoms in total. The number of amides is 7. The van der Waals surface area contributed by atoms with Crippen molar-refractivity contribution in [1.82, 2.24) is 45.7 Å². The van der Waals surface area contributed by atoms with Crippen LogP contribution in [0.25, 0.3) is 11.2 Å². The van der Waals surface area contributed by atoms with Gasteiger partial charge in [0.25, 0.3) is 11.8 Å².